The van der Waals surface area contributed by atoms with Crippen molar-refractivity contribution in [3.8, 4) is 5.75 Å². The van der Waals surface area contributed by atoms with Crippen molar-refractivity contribution in [1.82, 2.24) is 15.2 Å². The summed E-state index contributed by atoms with van der Waals surface area (Å²) in [6.07, 6.45) is 2.99. The van der Waals surface area contributed by atoms with E-state index >= 15 is 0 Å². The van der Waals surface area contributed by atoms with Crippen LogP contribution in [0.1, 0.15) is 24.7 Å². The summed E-state index contributed by atoms with van der Waals surface area (Å²) in [4.78, 5) is 15.6. The predicted molar refractivity (Wildman–Crippen MR) is 85.4 cm³/mol. The smallest absolute Gasteiger partial charge is 0.342 e. The number of aromatic amines is 1. The molecule has 2 N–H and O–H groups in total. The van der Waals surface area contributed by atoms with Gasteiger partial charge in [0.05, 0.1) is 0 Å². The van der Waals surface area contributed by atoms with Crippen LogP contribution in [0, 0.1) is 0 Å². The third-order valence-corrected chi connectivity index (χ3v) is 4.04. The molecule has 0 fully saturated rings. The van der Waals surface area contributed by atoms with Gasteiger partial charge >= 0.3 is 5.97 Å². The summed E-state index contributed by atoms with van der Waals surface area (Å²) < 4.78 is 0.705. The lowest BCUT2D eigenvalue weighted by molar-refractivity contribution is -0.268. The molecular formula is C14H13BrN3O3S-. The number of nitrogens with zero attached hydrogens (tertiary/aromatic N) is 2. The van der Waals surface area contributed by atoms with Crippen molar-refractivity contribution in [2.45, 2.75) is 24.9 Å². The minimum Gasteiger partial charge on any atom is -0.872 e. The van der Waals surface area contributed by atoms with Gasteiger partial charge < -0.3 is 10.2 Å². The summed E-state index contributed by atoms with van der Waals surface area (Å²) in [6.45, 7) is 2.01. The lowest BCUT2D eigenvalue weighted by Crippen LogP contribution is -1.99. The Bertz CT molecular complexity index is 715. The van der Waals surface area contributed by atoms with Crippen molar-refractivity contribution in [2.75, 3.05) is 0 Å². The molecule has 0 spiro atoms. The molecule has 1 heterocycles. The van der Waals surface area contributed by atoms with Crippen LogP contribution in [-0.4, -0.2) is 26.3 Å². The number of nitrogens with one attached hydrogen (secondary N) is 1. The number of aromatic nitrogens is 3. The Hall–Kier alpha value is -1.80. The highest BCUT2D eigenvalue weighted by molar-refractivity contribution is 9.10. The number of hydrogen-bond acceptors (Lipinski definition) is 5. The molecule has 2 aromatic rings. The zero-order valence-corrected chi connectivity index (χ0v) is 14.1. The number of carboxylic acids is 1. The number of halogens is 1. The first-order valence-corrected chi connectivity index (χ1v) is 8.11. The second-order valence-corrected chi connectivity index (χ2v) is 6.34. The number of carboxylic acid groups (broad SMARTS) is 1. The molecule has 0 unspecified atom stereocenters. The van der Waals surface area contributed by atoms with Gasteiger partial charge in [0.1, 0.15) is 10.7 Å². The predicted octanol–water partition coefficient (Wildman–Crippen LogP) is 2.81. The van der Waals surface area contributed by atoms with E-state index in [9.17, 15) is 15.0 Å². The van der Waals surface area contributed by atoms with E-state index < -0.39 is 5.97 Å². The van der Waals surface area contributed by atoms with Crippen LogP contribution in [0.15, 0.2) is 32.7 Å². The normalized spacial score (nSPS) is 11.6. The van der Waals surface area contributed by atoms with Gasteiger partial charge in [0.15, 0.2) is 0 Å². The zero-order valence-electron chi connectivity index (χ0n) is 11.7. The van der Waals surface area contributed by atoms with Gasteiger partial charge in [0.25, 0.3) is 0 Å². The van der Waals surface area contributed by atoms with E-state index in [1.54, 1.807) is 12.1 Å². The molecule has 0 saturated carbocycles. The van der Waals surface area contributed by atoms with E-state index in [1.165, 1.54) is 12.1 Å². The third kappa shape index (κ3) is 4.35. The number of aryl methyl sites for hydroxylation is 1. The molecule has 116 valence electrons. The third-order valence-electron chi connectivity index (χ3n) is 2.67. The van der Waals surface area contributed by atoms with Crippen LogP contribution < -0.4 is 5.11 Å². The monoisotopic (exact) mass is 382 g/mol. The average molecular weight is 383 g/mol. The highest BCUT2D eigenvalue weighted by Crippen LogP contribution is 2.29. The lowest BCUT2D eigenvalue weighted by atomic mass is 10.2. The van der Waals surface area contributed by atoms with E-state index in [0.29, 0.717) is 21.0 Å². The van der Waals surface area contributed by atoms with Crippen LogP contribution in [0.3, 0.4) is 0 Å². The van der Waals surface area contributed by atoms with Crippen LogP contribution in [0.5, 0.6) is 5.75 Å². The maximum Gasteiger partial charge on any atom is 0.342 e. The Morgan fingerprint density at radius 3 is 3.00 bits per heavy atom. The first kappa shape index (κ1) is 16.6. The van der Waals surface area contributed by atoms with Crippen LogP contribution in [-0.2, 0) is 11.2 Å². The Labute approximate surface area is 139 Å². The number of thioether (sulfide) groups is 1. The molecule has 0 amide bonds. The Balaban J connectivity index is 2.27. The van der Waals surface area contributed by atoms with Crippen molar-refractivity contribution in [1.29, 1.82) is 0 Å². The van der Waals surface area contributed by atoms with Gasteiger partial charge in [-0.25, -0.2) is 9.78 Å². The molecular weight excluding hydrogens is 370 g/mol. The fourth-order valence-corrected chi connectivity index (χ4v) is 2.77. The van der Waals surface area contributed by atoms with E-state index in [2.05, 4.69) is 31.1 Å². The van der Waals surface area contributed by atoms with Gasteiger partial charge in [0.2, 0.25) is 5.16 Å². The van der Waals surface area contributed by atoms with Crippen molar-refractivity contribution in [2.24, 2.45) is 0 Å². The Kier molecular flexibility index (Phi) is 5.62. The zero-order chi connectivity index (χ0) is 16.1. The quantitative estimate of drug-likeness (QED) is 0.588. The van der Waals surface area contributed by atoms with Gasteiger partial charge in [-0.2, -0.15) is 0 Å². The number of carbonyl (C=O) groups is 1. The first-order valence-electron chi connectivity index (χ1n) is 6.50. The van der Waals surface area contributed by atoms with Crippen molar-refractivity contribution in [3.05, 3.63) is 39.0 Å². The summed E-state index contributed by atoms with van der Waals surface area (Å²) in [5.74, 6) is -0.669. The molecule has 0 aliphatic heterocycles. The van der Waals surface area contributed by atoms with Crippen molar-refractivity contribution >= 4 is 39.7 Å². The minimum absolute atomic E-state index is 0.0164. The first-order chi connectivity index (χ1) is 10.5. The molecule has 6 nitrogen and oxygen atoms in total. The van der Waals surface area contributed by atoms with Crippen molar-refractivity contribution in [3.63, 3.8) is 0 Å². The highest BCUT2D eigenvalue weighted by atomic mass is 79.9. The molecule has 0 radical (unpaired) electrons. The largest absolute Gasteiger partial charge is 0.872 e. The second kappa shape index (κ2) is 7.46. The standard InChI is InChI=1S/C14H14BrN3O3S/c1-2-3-12-16-14(18-17-12)22-11(13(20)21)7-8-6-9(15)4-5-10(8)19/h4-7,19H,2-3H2,1H3,(H,20,21)(H,16,17,18)/p-1/b11-7-. The molecule has 1 aromatic heterocycles. The molecule has 1 aromatic carbocycles. The molecule has 0 aliphatic rings. The van der Waals surface area contributed by atoms with Crippen molar-refractivity contribution < 1.29 is 15.0 Å². The number of aliphatic carboxylic acids is 1. The van der Waals surface area contributed by atoms with Crippen LogP contribution >= 0.6 is 27.7 Å². The molecule has 0 atom stereocenters. The summed E-state index contributed by atoms with van der Waals surface area (Å²) >= 11 is 4.17. The fraction of sp³-hybridized carbons (Fsp3) is 0.214. The van der Waals surface area contributed by atoms with Crippen LogP contribution in [0.2, 0.25) is 0 Å². The summed E-state index contributed by atoms with van der Waals surface area (Å²) in [6, 6.07) is 4.57. The van der Waals surface area contributed by atoms with Gasteiger partial charge in [-0.05, 0) is 42.0 Å². The number of benzene rings is 1. The maximum absolute atomic E-state index is 11.8. The molecule has 2 rings (SSSR count). The summed E-state index contributed by atoms with van der Waals surface area (Å²) in [7, 11) is 0. The number of rotatable bonds is 6. The van der Waals surface area contributed by atoms with E-state index in [0.717, 1.165) is 24.6 Å². The maximum atomic E-state index is 11.8. The topological polar surface area (TPSA) is 102 Å². The highest BCUT2D eigenvalue weighted by Gasteiger charge is 2.13. The van der Waals surface area contributed by atoms with E-state index in [-0.39, 0.29) is 10.7 Å². The molecule has 8 heteroatoms. The van der Waals surface area contributed by atoms with Gasteiger partial charge in [-0.3, -0.25) is 5.10 Å². The molecule has 0 saturated heterocycles. The number of H-pyrrole nitrogens is 1. The second-order valence-electron chi connectivity index (χ2n) is 4.41. The van der Waals surface area contributed by atoms with E-state index in [1.807, 2.05) is 6.92 Å². The Morgan fingerprint density at radius 2 is 2.32 bits per heavy atom. The summed E-state index contributed by atoms with van der Waals surface area (Å²) in [5, 5.41) is 28.1. The minimum atomic E-state index is -1.13. The molecule has 0 aliphatic carbocycles. The number of hydrogen-bond donors (Lipinski definition) is 2. The summed E-state index contributed by atoms with van der Waals surface area (Å²) in [5.41, 5.74) is 0.295. The molecule has 0 bridgehead atoms. The van der Waals surface area contributed by atoms with Crippen LogP contribution in [0.25, 0.3) is 6.08 Å². The van der Waals surface area contributed by atoms with Gasteiger partial charge in [0, 0.05) is 10.9 Å². The molecule has 22 heavy (non-hydrogen) atoms. The SMILES string of the molecule is CCCc1nc(S/C(=C\c2cc(Br)ccc2[O-])C(=O)O)n[nH]1. The van der Waals surface area contributed by atoms with Gasteiger partial charge in [-0.1, -0.05) is 28.9 Å². The fourth-order valence-electron chi connectivity index (χ4n) is 1.68. The van der Waals surface area contributed by atoms with Crippen LogP contribution in [0.4, 0.5) is 0 Å². The Morgan fingerprint density at radius 1 is 1.55 bits per heavy atom. The average Bonchev–Trinajstić information content (AvgIpc) is 2.90. The van der Waals surface area contributed by atoms with E-state index in [4.69, 9.17) is 0 Å². The lowest BCUT2D eigenvalue weighted by Gasteiger charge is -2.11. The van der Waals surface area contributed by atoms with Gasteiger partial charge in [-0.15, -0.1) is 10.8 Å².